The molecule has 0 aliphatic carbocycles. The van der Waals surface area contributed by atoms with Crippen LogP contribution in [0.2, 0.25) is 12.4 Å². The van der Waals surface area contributed by atoms with Crippen molar-refractivity contribution in [1.29, 1.82) is 0 Å². The zero-order chi connectivity index (χ0) is 5.70. The Hall–Kier alpha value is 0.883. The van der Waals surface area contributed by atoms with Crippen molar-refractivity contribution in [2.45, 2.75) is 33.2 Å². The fourth-order valence-electron chi connectivity index (χ4n) is 0.671. The van der Waals surface area contributed by atoms with Crippen LogP contribution in [0.4, 0.5) is 0 Å². The number of hydrogen-bond acceptors (Lipinski definition) is 0. The van der Waals surface area contributed by atoms with E-state index in [2.05, 4.69) is 20.8 Å². The molecule has 0 radical (unpaired) electrons. The summed E-state index contributed by atoms with van der Waals surface area (Å²) in [5.74, 6) is 0. The van der Waals surface area contributed by atoms with E-state index in [-0.39, 0.29) is 0 Å². The fourth-order valence-corrected chi connectivity index (χ4v) is 5.89. The van der Waals surface area contributed by atoms with Gasteiger partial charge in [0.25, 0.3) is 0 Å². The van der Waals surface area contributed by atoms with Crippen LogP contribution in [0, 0.1) is 0 Å². The fraction of sp³-hybridized carbons (Fsp3) is 1.00. The van der Waals surface area contributed by atoms with E-state index in [1.165, 1.54) is 0 Å². The Morgan fingerprint density at radius 3 is 1.14 bits per heavy atom. The van der Waals surface area contributed by atoms with Gasteiger partial charge < -0.3 is 0 Å². The summed E-state index contributed by atoms with van der Waals surface area (Å²) in [7, 11) is 0. The first kappa shape index (κ1) is 7.88. The Morgan fingerprint density at radius 2 is 1.14 bits per heavy atom. The second kappa shape index (κ2) is 5.03. The predicted octanol–water partition coefficient (Wildman–Crippen LogP) is 2.54. The molecule has 0 saturated heterocycles. The molecule has 0 rings (SSSR count). The first-order valence-electron chi connectivity index (χ1n) is 3.07. The van der Waals surface area contributed by atoms with E-state index >= 15 is 0 Å². The molecule has 0 aliphatic rings. The predicted molar refractivity (Wildman–Crippen MR) is 37.2 cm³/mol. The summed E-state index contributed by atoms with van der Waals surface area (Å²) in [5, 5.41) is 0. The van der Waals surface area contributed by atoms with Crippen LogP contribution in [0.5, 0.6) is 0 Å². The van der Waals surface area contributed by atoms with Gasteiger partial charge in [-0.05, 0) is 0 Å². The van der Waals surface area contributed by atoms with Crippen LogP contribution < -0.4 is 0 Å². The van der Waals surface area contributed by atoms with E-state index < -0.39 is 21.8 Å². The van der Waals surface area contributed by atoms with Crippen molar-refractivity contribution in [3.63, 3.8) is 0 Å². The van der Waals surface area contributed by atoms with Crippen LogP contribution in [0.25, 0.3) is 0 Å². The van der Waals surface area contributed by atoms with E-state index in [9.17, 15) is 0 Å². The third kappa shape index (κ3) is 3.46. The van der Waals surface area contributed by atoms with Gasteiger partial charge in [-0.15, -0.1) is 0 Å². The standard InChI is InChI=1S/3C2H5.Bi/c3*1-2;/h3*1H2,2H3;. The van der Waals surface area contributed by atoms with E-state index in [1.807, 2.05) is 0 Å². The SMILES string of the molecule is C[CH2][Bi]([CH2]C)[CH2]C. The van der Waals surface area contributed by atoms with Gasteiger partial charge in [0.15, 0.2) is 0 Å². The quantitative estimate of drug-likeness (QED) is 0.702. The second-order valence-corrected chi connectivity index (χ2v) is 14.2. The van der Waals surface area contributed by atoms with Gasteiger partial charge in [-0.1, -0.05) is 0 Å². The Balaban J connectivity index is 2.99. The summed E-state index contributed by atoms with van der Waals surface area (Å²) in [6.45, 7) is 7.06. The average molecular weight is 296 g/mol. The van der Waals surface area contributed by atoms with Gasteiger partial charge in [0.05, 0.1) is 0 Å². The summed E-state index contributed by atoms with van der Waals surface area (Å²) >= 11 is -0.711. The van der Waals surface area contributed by atoms with Gasteiger partial charge in [0, 0.05) is 0 Å². The average Bonchev–Trinajstić information content (AvgIpc) is 1.72. The number of hydrogen-bond donors (Lipinski definition) is 0. The summed E-state index contributed by atoms with van der Waals surface area (Å²) < 4.78 is 4.67. The summed E-state index contributed by atoms with van der Waals surface area (Å²) in [6.07, 6.45) is 0. The van der Waals surface area contributed by atoms with E-state index in [0.29, 0.717) is 0 Å². The van der Waals surface area contributed by atoms with E-state index in [1.54, 1.807) is 12.4 Å². The van der Waals surface area contributed by atoms with Gasteiger partial charge in [-0.2, -0.15) is 0 Å². The zero-order valence-corrected chi connectivity index (χ0v) is 9.05. The Labute approximate surface area is 55.0 Å². The Morgan fingerprint density at radius 1 is 0.857 bits per heavy atom. The molecule has 0 aromatic carbocycles. The molecule has 0 amide bonds. The van der Waals surface area contributed by atoms with Crippen LogP contribution in [-0.2, 0) is 0 Å². The monoisotopic (exact) mass is 296 g/mol. The molecule has 0 bridgehead atoms. The molecule has 0 atom stereocenters. The van der Waals surface area contributed by atoms with Crippen LogP contribution in [0.15, 0.2) is 0 Å². The van der Waals surface area contributed by atoms with Gasteiger partial charge in [0.2, 0.25) is 0 Å². The minimum atomic E-state index is -0.711. The topological polar surface area (TPSA) is 0 Å². The third-order valence-electron chi connectivity index (χ3n) is 1.34. The van der Waals surface area contributed by atoms with Gasteiger partial charge in [-0.25, -0.2) is 0 Å². The first-order chi connectivity index (χ1) is 3.35. The van der Waals surface area contributed by atoms with Crippen molar-refractivity contribution in [2.24, 2.45) is 0 Å². The molecule has 0 unspecified atom stereocenters. The first-order valence-corrected chi connectivity index (χ1v) is 10.4. The maximum atomic E-state index is 2.35. The maximum absolute atomic E-state index is 2.35. The zero-order valence-electron chi connectivity index (χ0n) is 5.57. The normalized spacial score (nSPS) is 10.3. The molecule has 0 saturated carbocycles. The molecular weight excluding hydrogens is 281 g/mol. The summed E-state index contributed by atoms with van der Waals surface area (Å²) in [4.78, 5) is 0. The third-order valence-corrected chi connectivity index (χ3v) is 11.8. The van der Waals surface area contributed by atoms with Crippen molar-refractivity contribution < 1.29 is 0 Å². The molecule has 0 aliphatic heterocycles. The van der Waals surface area contributed by atoms with Crippen LogP contribution in [0.1, 0.15) is 20.8 Å². The van der Waals surface area contributed by atoms with Crippen LogP contribution in [-0.4, -0.2) is 21.8 Å². The van der Waals surface area contributed by atoms with Crippen molar-refractivity contribution in [2.75, 3.05) is 0 Å². The molecule has 7 heavy (non-hydrogen) atoms. The Kier molecular flexibility index (Phi) is 5.66. The molecule has 0 heterocycles. The summed E-state index contributed by atoms with van der Waals surface area (Å²) in [6, 6.07) is 0. The molecule has 0 aromatic heterocycles. The van der Waals surface area contributed by atoms with Crippen molar-refractivity contribution in [3.05, 3.63) is 0 Å². The van der Waals surface area contributed by atoms with E-state index in [0.717, 1.165) is 0 Å². The molecule has 0 fully saturated rings. The molecular formula is C6H15Bi. The van der Waals surface area contributed by atoms with Gasteiger partial charge in [0.1, 0.15) is 0 Å². The molecule has 1 heteroatoms. The van der Waals surface area contributed by atoms with Crippen LogP contribution >= 0.6 is 0 Å². The van der Waals surface area contributed by atoms with Gasteiger partial charge >= 0.3 is 54.9 Å². The van der Waals surface area contributed by atoms with Crippen molar-refractivity contribution in [3.8, 4) is 0 Å². The molecule has 0 aromatic rings. The van der Waals surface area contributed by atoms with Crippen LogP contribution in [0.3, 0.4) is 0 Å². The van der Waals surface area contributed by atoms with Crippen molar-refractivity contribution in [1.82, 2.24) is 0 Å². The van der Waals surface area contributed by atoms with E-state index in [4.69, 9.17) is 0 Å². The molecule has 0 spiro atoms. The second-order valence-electron chi connectivity index (χ2n) is 1.62. The summed E-state index contributed by atoms with van der Waals surface area (Å²) in [5.41, 5.74) is 0. The van der Waals surface area contributed by atoms with Gasteiger partial charge in [-0.3, -0.25) is 0 Å². The molecule has 44 valence electrons. The molecule has 0 N–H and O–H groups in total. The Bertz CT molecular complexity index is 25.7. The number of rotatable bonds is 3. The molecule has 0 nitrogen and oxygen atoms in total. The van der Waals surface area contributed by atoms with Crippen molar-refractivity contribution >= 4 is 21.8 Å². The minimum absolute atomic E-state index is 0.711.